The minimum absolute atomic E-state index is 0.558. The third kappa shape index (κ3) is 1.88. The zero-order valence-electron chi connectivity index (χ0n) is 8.58. The molecule has 1 aromatic carbocycles. The van der Waals surface area contributed by atoms with Gasteiger partial charge in [-0.2, -0.15) is 0 Å². The number of benzene rings is 1. The van der Waals surface area contributed by atoms with E-state index >= 15 is 0 Å². The van der Waals surface area contributed by atoms with Crippen LogP contribution in [0.4, 0.5) is 4.79 Å². The minimum atomic E-state index is -1.30. The van der Waals surface area contributed by atoms with Crippen molar-refractivity contribution in [3.05, 3.63) is 36.8 Å². The van der Waals surface area contributed by atoms with Crippen LogP contribution in [-0.2, 0) is 0 Å². The summed E-state index contributed by atoms with van der Waals surface area (Å²) in [6.07, 6.45) is 1.29. The lowest BCUT2D eigenvalue weighted by atomic mass is 10.1. The number of carbonyl (C=O) groups excluding carboxylic acids is 1. The molecule has 0 unspecified atom stereocenters. The Kier molecular flexibility index (Phi) is 2.59. The molecule has 0 atom stereocenters. The summed E-state index contributed by atoms with van der Waals surface area (Å²) in [5.41, 5.74) is 1.35. The number of methoxy groups -OCH3 is 1. The molecular weight excluding hydrogens is 208 g/mol. The van der Waals surface area contributed by atoms with Gasteiger partial charge in [-0.25, -0.2) is 4.98 Å². The van der Waals surface area contributed by atoms with Gasteiger partial charge in [0.15, 0.2) is 0 Å². The third-order valence-corrected chi connectivity index (χ3v) is 2.16. The third-order valence-electron chi connectivity index (χ3n) is 2.16. The molecule has 0 bridgehead atoms. The molecule has 0 fully saturated rings. The van der Waals surface area contributed by atoms with E-state index in [1.54, 1.807) is 19.2 Å². The molecule has 1 heterocycles. The van der Waals surface area contributed by atoms with Gasteiger partial charge in [0, 0.05) is 11.8 Å². The second-order valence-electron chi connectivity index (χ2n) is 3.16. The van der Waals surface area contributed by atoms with E-state index in [2.05, 4.69) is 4.98 Å². The Labute approximate surface area is 91.9 Å². The molecule has 0 aliphatic rings. The molecule has 2 aromatic rings. The highest BCUT2D eigenvalue weighted by molar-refractivity contribution is 5.69. The minimum Gasteiger partial charge on any atom is -0.529 e. The Morgan fingerprint density at radius 2 is 2.31 bits per heavy atom. The van der Waals surface area contributed by atoms with E-state index in [4.69, 9.17) is 4.74 Å². The molecular formula is C11H9N2O3-. The van der Waals surface area contributed by atoms with Gasteiger partial charge in [0.1, 0.15) is 18.2 Å². The highest BCUT2D eigenvalue weighted by Crippen LogP contribution is 2.21. The van der Waals surface area contributed by atoms with Crippen LogP contribution in [0.2, 0.25) is 0 Å². The van der Waals surface area contributed by atoms with Crippen LogP contribution in [0.1, 0.15) is 0 Å². The van der Waals surface area contributed by atoms with Gasteiger partial charge in [-0.15, -0.1) is 0 Å². The van der Waals surface area contributed by atoms with Gasteiger partial charge in [-0.3, -0.25) is 4.57 Å². The van der Waals surface area contributed by atoms with Crippen LogP contribution in [0, 0.1) is 0 Å². The van der Waals surface area contributed by atoms with E-state index in [1.807, 2.05) is 12.1 Å². The Balaban J connectivity index is 2.38. The van der Waals surface area contributed by atoms with Crippen molar-refractivity contribution in [1.29, 1.82) is 0 Å². The fraction of sp³-hybridized carbons (Fsp3) is 0.0909. The predicted octanol–water partition coefficient (Wildman–Crippen LogP) is 0.750. The summed E-state index contributed by atoms with van der Waals surface area (Å²) in [5.74, 6) is 0.695. The fourth-order valence-corrected chi connectivity index (χ4v) is 1.35. The quantitative estimate of drug-likeness (QED) is 0.744. The molecule has 0 saturated heterocycles. The number of imidazole rings is 1. The van der Waals surface area contributed by atoms with Gasteiger partial charge in [0.05, 0.1) is 12.8 Å². The van der Waals surface area contributed by atoms with Crippen LogP contribution in [0.15, 0.2) is 36.8 Å². The van der Waals surface area contributed by atoms with Crippen molar-refractivity contribution in [3.63, 3.8) is 0 Å². The van der Waals surface area contributed by atoms with Crippen molar-refractivity contribution in [2.75, 3.05) is 7.11 Å². The number of aromatic nitrogens is 2. The van der Waals surface area contributed by atoms with Crippen LogP contribution < -0.4 is 9.84 Å². The summed E-state index contributed by atoms with van der Waals surface area (Å²) < 4.78 is 5.96. The number of ether oxygens (including phenoxy) is 1. The van der Waals surface area contributed by atoms with E-state index < -0.39 is 6.09 Å². The van der Waals surface area contributed by atoms with E-state index in [0.29, 0.717) is 11.4 Å². The number of hydrogen-bond donors (Lipinski definition) is 0. The number of carboxylic acid groups (broad SMARTS) is 1. The van der Waals surface area contributed by atoms with Crippen LogP contribution in [0.25, 0.3) is 11.3 Å². The van der Waals surface area contributed by atoms with E-state index in [1.165, 1.54) is 12.5 Å². The Morgan fingerprint density at radius 1 is 1.50 bits per heavy atom. The SMILES string of the molecule is COc1cccc(-c2cn(C(=O)[O-])cn2)c1. The normalized spacial score (nSPS) is 10.1. The van der Waals surface area contributed by atoms with Gasteiger partial charge < -0.3 is 14.6 Å². The lowest BCUT2D eigenvalue weighted by Crippen LogP contribution is -2.27. The van der Waals surface area contributed by atoms with E-state index in [-0.39, 0.29) is 0 Å². The summed E-state index contributed by atoms with van der Waals surface area (Å²) in [5, 5.41) is 10.6. The largest absolute Gasteiger partial charge is 0.529 e. The van der Waals surface area contributed by atoms with Gasteiger partial charge in [-0.05, 0) is 12.1 Å². The summed E-state index contributed by atoms with van der Waals surface area (Å²) in [4.78, 5) is 14.5. The Hall–Kier alpha value is -2.30. The average Bonchev–Trinajstić information content (AvgIpc) is 2.78. The van der Waals surface area contributed by atoms with Crippen molar-refractivity contribution in [2.24, 2.45) is 0 Å². The first-order valence-electron chi connectivity index (χ1n) is 4.60. The Morgan fingerprint density at radius 3 is 2.94 bits per heavy atom. The first-order chi connectivity index (χ1) is 7.70. The lowest BCUT2D eigenvalue weighted by molar-refractivity contribution is -0.250. The number of rotatable bonds is 2. The number of carbonyl (C=O) groups is 1. The maximum atomic E-state index is 10.6. The van der Waals surface area contributed by atoms with Crippen LogP contribution >= 0.6 is 0 Å². The van der Waals surface area contributed by atoms with Gasteiger partial charge in [-0.1, -0.05) is 12.1 Å². The summed E-state index contributed by atoms with van der Waals surface area (Å²) in [7, 11) is 1.57. The number of hydrogen-bond acceptors (Lipinski definition) is 4. The molecule has 0 spiro atoms. The molecule has 0 amide bonds. The molecule has 0 radical (unpaired) electrons. The van der Waals surface area contributed by atoms with Gasteiger partial charge in [0.25, 0.3) is 0 Å². The summed E-state index contributed by atoms with van der Waals surface area (Å²) >= 11 is 0. The van der Waals surface area contributed by atoms with E-state index in [0.717, 1.165) is 10.1 Å². The molecule has 5 nitrogen and oxygen atoms in total. The molecule has 0 aliphatic heterocycles. The van der Waals surface area contributed by atoms with Crippen molar-refractivity contribution >= 4 is 6.09 Å². The average molecular weight is 217 g/mol. The highest BCUT2D eigenvalue weighted by atomic mass is 16.5. The molecule has 2 rings (SSSR count). The molecule has 82 valence electrons. The first kappa shape index (κ1) is 10.2. The summed E-state index contributed by atoms with van der Waals surface area (Å²) in [6, 6.07) is 7.22. The zero-order chi connectivity index (χ0) is 11.5. The topological polar surface area (TPSA) is 67.2 Å². The van der Waals surface area contributed by atoms with E-state index in [9.17, 15) is 9.90 Å². The maximum Gasteiger partial charge on any atom is 0.146 e. The standard InChI is InChI=1S/C11H10N2O3/c1-16-9-4-2-3-8(5-9)10-6-13(7-12-10)11(14)15/h2-7H,1H3,(H,14,15)/p-1. The van der Waals surface area contributed by atoms with Crippen LogP contribution in [0.5, 0.6) is 5.75 Å². The first-order valence-corrected chi connectivity index (χ1v) is 4.60. The smallest absolute Gasteiger partial charge is 0.146 e. The molecule has 0 aliphatic carbocycles. The maximum absolute atomic E-state index is 10.6. The fourth-order valence-electron chi connectivity index (χ4n) is 1.35. The van der Waals surface area contributed by atoms with Crippen molar-refractivity contribution in [3.8, 4) is 17.0 Å². The van der Waals surface area contributed by atoms with Crippen LogP contribution in [0.3, 0.4) is 0 Å². The molecule has 16 heavy (non-hydrogen) atoms. The summed E-state index contributed by atoms with van der Waals surface area (Å²) in [6.45, 7) is 0. The molecule has 0 N–H and O–H groups in total. The van der Waals surface area contributed by atoms with Crippen molar-refractivity contribution in [1.82, 2.24) is 9.55 Å². The molecule has 5 heteroatoms. The highest BCUT2D eigenvalue weighted by Gasteiger charge is 2.03. The van der Waals surface area contributed by atoms with Crippen molar-refractivity contribution in [2.45, 2.75) is 0 Å². The second-order valence-corrected chi connectivity index (χ2v) is 3.16. The second kappa shape index (κ2) is 4.06. The molecule has 1 aromatic heterocycles. The zero-order valence-corrected chi connectivity index (χ0v) is 8.58. The Bertz CT molecular complexity index is 519. The van der Waals surface area contributed by atoms with Crippen LogP contribution in [-0.4, -0.2) is 22.8 Å². The number of nitrogens with zero attached hydrogens (tertiary/aromatic N) is 2. The van der Waals surface area contributed by atoms with Crippen molar-refractivity contribution < 1.29 is 14.6 Å². The predicted molar refractivity (Wildman–Crippen MR) is 55.0 cm³/mol. The van der Waals surface area contributed by atoms with Gasteiger partial charge >= 0.3 is 0 Å². The lowest BCUT2D eigenvalue weighted by Gasteiger charge is -2.02. The molecule has 0 saturated carbocycles. The van der Waals surface area contributed by atoms with Gasteiger partial charge in [0.2, 0.25) is 0 Å². The monoisotopic (exact) mass is 217 g/mol.